The van der Waals surface area contributed by atoms with Gasteiger partial charge >= 0.3 is 6.09 Å². The molecule has 2 heterocycles. The molecule has 1 fully saturated rings. The van der Waals surface area contributed by atoms with Gasteiger partial charge in [0, 0.05) is 24.4 Å². The molecule has 0 bridgehead atoms. The molecule has 11 heteroatoms. The Bertz CT molecular complexity index is 1140. The summed E-state index contributed by atoms with van der Waals surface area (Å²) in [5, 5.41) is 3.48. The lowest BCUT2D eigenvalue weighted by Crippen LogP contribution is -2.43. The van der Waals surface area contributed by atoms with Gasteiger partial charge < -0.3 is 25.4 Å². The van der Waals surface area contributed by atoms with Crippen molar-refractivity contribution >= 4 is 39.5 Å². The van der Waals surface area contributed by atoms with Crippen LogP contribution in [0.25, 0.3) is 10.2 Å². The third-order valence-electron chi connectivity index (χ3n) is 6.74. The molecule has 10 nitrogen and oxygen atoms in total. The Morgan fingerprint density at radius 2 is 1.89 bits per heavy atom. The molecule has 0 unspecified atom stereocenters. The number of hydrogen-bond donors (Lipinski definition) is 2. The van der Waals surface area contributed by atoms with E-state index >= 15 is 0 Å². The second-order valence-electron chi connectivity index (χ2n) is 10.6. The smallest absolute Gasteiger partial charge is 0.410 e. The number of carbonyl (C=O) groups is 3. The van der Waals surface area contributed by atoms with E-state index in [0.29, 0.717) is 5.88 Å². The van der Waals surface area contributed by atoms with Crippen LogP contribution in [0.4, 0.5) is 4.79 Å². The zero-order valence-electron chi connectivity index (χ0n) is 21.3. The Hall–Kier alpha value is -2.95. The number of aryl methyl sites for hydroxylation is 1. The minimum Gasteiger partial charge on any atom is -0.474 e. The van der Waals surface area contributed by atoms with Crippen LogP contribution in [0.15, 0.2) is 6.33 Å². The highest BCUT2D eigenvalue weighted by Crippen LogP contribution is 2.47. The minimum atomic E-state index is -0.562. The summed E-state index contributed by atoms with van der Waals surface area (Å²) in [7, 11) is 1.79. The van der Waals surface area contributed by atoms with E-state index in [4.69, 9.17) is 15.2 Å². The summed E-state index contributed by atoms with van der Waals surface area (Å²) < 4.78 is 11.9. The molecule has 0 aliphatic heterocycles. The number of carbonyl (C=O) groups excluding carboxylic acids is 3. The summed E-state index contributed by atoms with van der Waals surface area (Å²) in [6, 6.07) is 0.110. The van der Waals surface area contributed by atoms with Gasteiger partial charge in [-0.15, -0.1) is 11.3 Å². The van der Waals surface area contributed by atoms with Crippen LogP contribution in [0.5, 0.6) is 5.88 Å². The predicted molar refractivity (Wildman–Crippen MR) is 136 cm³/mol. The summed E-state index contributed by atoms with van der Waals surface area (Å²) in [5.74, 6) is -0.177. The molecule has 0 saturated heterocycles. The second kappa shape index (κ2) is 10.6. The molecule has 0 aromatic carbocycles. The highest BCUT2D eigenvalue weighted by molar-refractivity contribution is 7.19. The zero-order valence-corrected chi connectivity index (χ0v) is 22.2. The molecule has 2 aromatic rings. The SMILES string of the molecule is CN(C(=O)OC(C)(C)C)[C@H]1CC[C@H](Oc2ncnc3sc4c(c23)[C@@H](CC(=O)NCC(N)=O)CC4)CC1. The normalized spacial score (nSPS) is 21.6. The zero-order chi connectivity index (χ0) is 26.0. The molecule has 2 aromatic heterocycles. The number of aromatic nitrogens is 2. The van der Waals surface area contributed by atoms with E-state index in [-0.39, 0.29) is 43.0 Å². The molecule has 196 valence electrons. The number of hydrogen-bond acceptors (Lipinski definition) is 8. The van der Waals surface area contributed by atoms with E-state index in [1.807, 2.05) is 20.8 Å². The summed E-state index contributed by atoms with van der Waals surface area (Å²) in [4.78, 5) is 48.5. The number of nitrogens with zero attached hydrogens (tertiary/aromatic N) is 3. The lowest BCUT2D eigenvalue weighted by atomic mass is 9.92. The van der Waals surface area contributed by atoms with Crippen LogP contribution in [0.3, 0.4) is 0 Å². The van der Waals surface area contributed by atoms with E-state index in [2.05, 4.69) is 15.3 Å². The summed E-state index contributed by atoms with van der Waals surface area (Å²) >= 11 is 1.63. The van der Waals surface area contributed by atoms with Crippen LogP contribution < -0.4 is 15.8 Å². The maximum Gasteiger partial charge on any atom is 0.410 e. The fourth-order valence-corrected chi connectivity index (χ4v) is 6.24. The first-order valence-electron chi connectivity index (χ1n) is 12.5. The molecule has 2 aliphatic carbocycles. The average Bonchev–Trinajstić information content (AvgIpc) is 3.36. The van der Waals surface area contributed by atoms with E-state index in [9.17, 15) is 14.4 Å². The average molecular weight is 518 g/mol. The lowest BCUT2D eigenvalue weighted by molar-refractivity contribution is -0.125. The maximum absolute atomic E-state index is 12.4. The Morgan fingerprint density at radius 3 is 2.56 bits per heavy atom. The van der Waals surface area contributed by atoms with E-state index < -0.39 is 11.5 Å². The number of amides is 3. The highest BCUT2D eigenvalue weighted by atomic mass is 32.1. The molecule has 3 amide bonds. The summed E-state index contributed by atoms with van der Waals surface area (Å²) in [6.45, 7) is 5.44. The molecular weight excluding hydrogens is 482 g/mol. The van der Waals surface area contributed by atoms with Crippen LogP contribution >= 0.6 is 11.3 Å². The van der Waals surface area contributed by atoms with Gasteiger partial charge in [-0.25, -0.2) is 14.8 Å². The number of thiophene rings is 1. The lowest BCUT2D eigenvalue weighted by Gasteiger charge is -2.35. The number of fused-ring (bicyclic) bond motifs is 3. The minimum absolute atomic E-state index is 0.0133. The van der Waals surface area contributed by atoms with Gasteiger partial charge in [-0.2, -0.15) is 0 Å². The van der Waals surface area contributed by atoms with E-state index in [1.54, 1.807) is 23.3 Å². The van der Waals surface area contributed by atoms with Crippen molar-refractivity contribution in [3.63, 3.8) is 0 Å². The Balaban J connectivity index is 1.43. The summed E-state index contributed by atoms with van der Waals surface area (Å²) in [5.41, 5.74) is 5.72. The van der Waals surface area contributed by atoms with Crippen LogP contribution in [0.1, 0.15) is 75.7 Å². The first kappa shape index (κ1) is 26.1. The summed E-state index contributed by atoms with van der Waals surface area (Å²) in [6.07, 6.45) is 6.47. The number of ether oxygens (including phenoxy) is 2. The van der Waals surface area contributed by atoms with Gasteiger partial charge in [0.1, 0.15) is 22.9 Å². The molecule has 0 radical (unpaired) electrons. The third kappa shape index (κ3) is 6.05. The quantitative estimate of drug-likeness (QED) is 0.575. The van der Waals surface area contributed by atoms with Crippen molar-refractivity contribution in [2.24, 2.45) is 5.73 Å². The van der Waals surface area contributed by atoms with Crippen LogP contribution in [0, 0.1) is 0 Å². The molecule has 36 heavy (non-hydrogen) atoms. The topological polar surface area (TPSA) is 137 Å². The van der Waals surface area contributed by atoms with Crippen LogP contribution in [-0.4, -0.2) is 64.1 Å². The van der Waals surface area contributed by atoms with Crippen molar-refractivity contribution in [1.82, 2.24) is 20.2 Å². The van der Waals surface area contributed by atoms with Crippen molar-refractivity contribution in [3.05, 3.63) is 16.8 Å². The first-order valence-corrected chi connectivity index (χ1v) is 13.3. The Morgan fingerprint density at radius 1 is 1.17 bits per heavy atom. The van der Waals surface area contributed by atoms with Gasteiger partial charge in [0.05, 0.1) is 11.9 Å². The number of primary amides is 1. The van der Waals surface area contributed by atoms with Gasteiger partial charge in [-0.3, -0.25) is 9.59 Å². The van der Waals surface area contributed by atoms with Crippen molar-refractivity contribution in [1.29, 1.82) is 0 Å². The molecule has 1 saturated carbocycles. The molecule has 4 rings (SSSR count). The van der Waals surface area contributed by atoms with Crippen molar-refractivity contribution in [2.45, 2.75) is 89.4 Å². The second-order valence-corrected chi connectivity index (χ2v) is 11.7. The van der Waals surface area contributed by atoms with Crippen molar-refractivity contribution in [3.8, 4) is 5.88 Å². The monoisotopic (exact) mass is 517 g/mol. The van der Waals surface area contributed by atoms with Gasteiger partial charge in [0.15, 0.2) is 0 Å². The maximum atomic E-state index is 12.4. The van der Waals surface area contributed by atoms with E-state index in [0.717, 1.165) is 54.3 Å². The van der Waals surface area contributed by atoms with Crippen molar-refractivity contribution < 1.29 is 23.9 Å². The van der Waals surface area contributed by atoms with Crippen molar-refractivity contribution in [2.75, 3.05) is 13.6 Å². The fourth-order valence-electron chi connectivity index (χ4n) is 5.01. The Labute approximate surface area is 214 Å². The standard InChI is InChI=1S/C25H35N5O5S/c1-25(2,3)35-24(33)30(4)15-6-8-16(9-7-15)34-22-21-20-14(11-19(32)27-12-18(26)31)5-10-17(20)36-23(21)29-13-28-22/h13-16H,5-12H2,1-4H3,(H2,26,31)(H,27,32)/t14-,15-,16-/m1/s1. The molecule has 3 N–H and O–H groups in total. The van der Waals surface area contributed by atoms with Gasteiger partial charge in [0.25, 0.3) is 0 Å². The van der Waals surface area contributed by atoms with Crippen LogP contribution in [0.2, 0.25) is 0 Å². The molecule has 0 spiro atoms. The predicted octanol–water partition coefficient (Wildman–Crippen LogP) is 3.27. The molecule has 2 aliphatic rings. The third-order valence-corrected chi connectivity index (χ3v) is 7.91. The van der Waals surface area contributed by atoms with Gasteiger partial charge in [0.2, 0.25) is 17.7 Å². The van der Waals surface area contributed by atoms with Crippen LogP contribution in [-0.2, 0) is 20.7 Å². The molecular formula is C25H35N5O5S. The molecule has 1 atom stereocenters. The van der Waals surface area contributed by atoms with Gasteiger partial charge in [-0.1, -0.05) is 0 Å². The number of nitrogens with two attached hydrogens (primary N) is 1. The number of nitrogens with one attached hydrogen (secondary N) is 1. The Kier molecular flexibility index (Phi) is 7.67. The first-order chi connectivity index (χ1) is 17.0. The fraction of sp³-hybridized carbons (Fsp3) is 0.640. The largest absolute Gasteiger partial charge is 0.474 e. The highest BCUT2D eigenvalue weighted by Gasteiger charge is 2.34. The van der Waals surface area contributed by atoms with Gasteiger partial charge in [-0.05, 0) is 70.8 Å². The van der Waals surface area contributed by atoms with E-state index in [1.165, 1.54) is 11.2 Å². The number of rotatable bonds is 7.